The quantitative estimate of drug-likeness (QED) is 0.0542. The average molecular weight is 1270 g/mol. The Kier molecular flexibility index (Phi) is 22.1. The molecule has 27 heteroatoms. The molecule has 0 radical (unpaired) electrons. The summed E-state index contributed by atoms with van der Waals surface area (Å²) in [6.07, 6.45) is -31.6. The Bertz CT molecular complexity index is 2310. The number of fused-ring (bicyclic) bond motifs is 5. The van der Waals surface area contributed by atoms with Crippen molar-refractivity contribution in [3.63, 3.8) is 0 Å². The fourth-order valence-electron chi connectivity index (χ4n) is 17.3. The molecule has 9 rings (SSSR count). The standard InChI is InChI=1S/C61H104O27/c1-10-30-41(68)44(71)48(75)53(81-30)79-24-34-43(70)46(73)52(87-39-19-29(65)40(67)31(21-62)80-39)56(84-34)86-38(58(5,6)78)15-11-25(2)26-17-18-59(7)35-14-12-27-28(61(35,9)36(66)20-60(26,59)8)13-16-37(57(27,3)4)85-54-50(77)47(74)51(33(23-64)83-54)88-55-49(76)45(72)42(69)32(22-63)82-55/h12,25-26,28-56,62-78H,10-11,13-24H2,1-9H3/t25-,26?,28?,29-,30-,31-,32-,33-,34-,35?,36-,37+,38-,39+,40+,41-,42-,43-,44+,45+,46+,47-,48-,49-,50-,51-,52-,53+,54+,55-,56+,59+,60-,61+/m1/s1. The van der Waals surface area contributed by atoms with Crippen molar-refractivity contribution in [1.82, 2.24) is 0 Å². The van der Waals surface area contributed by atoms with Crippen molar-refractivity contribution in [3.05, 3.63) is 11.6 Å². The van der Waals surface area contributed by atoms with Crippen LogP contribution in [0.4, 0.5) is 0 Å². The molecule has 5 saturated heterocycles. The molecule has 88 heavy (non-hydrogen) atoms. The highest BCUT2D eigenvalue weighted by Gasteiger charge is 2.70. The maximum absolute atomic E-state index is 12.8. The largest absolute Gasteiger partial charge is 0.394 e. The van der Waals surface area contributed by atoms with E-state index in [-0.39, 0.29) is 53.8 Å². The third-order valence-corrected chi connectivity index (χ3v) is 23.0. The van der Waals surface area contributed by atoms with Crippen molar-refractivity contribution in [2.45, 2.75) is 298 Å². The summed E-state index contributed by atoms with van der Waals surface area (Å²) >= 11 is 0. The highest BCUT2D eigenvalue weighted by molar-refractivity contribution is 5.32. The van der Waals surface area contributed by atoms with Crippen LogP contribution >= 0.6 is 0 Å². The number of aliphatic hydroxyl groups is 17. The predicted octanol–water partition coefficient (Wildman–Crippen LogP) is -2.96. The highest BCUT2D eigenvalue weighted by atomic mass is 16.8. The Balaban J connectivity index is 0.878. The lowest BCUT2D eigenvalue weighted by Gasteiger charge is -2.67. The summed E-state index contributed by atoms with van der Waals surface area (Å²) in [4.78, 5) is 0. The normalized spacial score (nSPS) is 51.4. The van der Waals surface area contributed by atoms with E-state index in [4.69, 9.17) is 47.4 Å². The number of aliphatic hydroxyl groups excluding tert-OH is 16. The van der Waals surface area contributed by atoms with E-state index in [1.165, 1.54) is 0 Å². The summed E-state index contributed by atoms with van der Waals surface area (Å²) in [6.45, 7) is 15.4. The van der Waals surface area contributed by atoms with Crippen molar-refractivity contribution in [3.8, 4) is 0 Å². The maximum atomic E-state index is 12.8. The Labute approximate surface area is 514 Å². The van der Waals surface area contributed by atoms with E-state index in [9.17, 15) is 86.8 Å². The number of ether oxygens (including phenoxy) is 10. The van der Waals surface area contributed by atoms with E-state index in [2.05, 4.69) is 47.6 Å². The number of allylic oxidation sites excluding steroid dienone is 1. The molecule has 510 valence electrons. The van der Waals surface area contributed by atoms with E-state index >= 15 is 0 Å². The second-order valence-corrected chi connectivity index (χ2v) is 28.8. The summed E-state index contributed by atoms with van der Waals surface area (Å²) in [6, 6.07) is 0. The van der Waals surface area contributed by atoms with Crippen molar-refractivity contribution in [2.24, 2.45) is 45.3 Å². The topological polar surface area (TPSA) is 436 Å². The van der Waals surface area contributed by atoms with Crippen LogP contribution in [0.1, 0.15) is 127 Å². The minimum Gasteiger partial charge on any atom is -0.394 e. The fraction of sp³-hybridized carbons (Fsp3) is 0.967. The molecule has 3 unspecified atom stereocenters. The van der Waals surface area contributed by atoms with Gasteiger partial charge in [0.2, 0.25) is 0 Å². The van der Waals surface area contributed by atoms with Gasteiger partial charge in [-0.2, -0.15) is 0 Å². The smallest absolute Gasteiger partial charge is 0.187 e. The summed E-state index contributed by atoms with van der Waals surface area (Å²) in [5.41, 5.74) is -2.26. The zero-order valence-electron chi connectivity index (χ0n) is 52.1. The Morgan fingerprint density at radius 3 is 1.77 bits per heavy atom. The van der Waals surface area contributed by atoms with Gasteiger partial charge in [-0.3, -0.25) is 0 Å². The Morgan fingerprint density at radius 1 is 0.580 bits per heavy atom. The van der Waals surface area contributed by atoms with E-state index in [0.717, 1.165) is 18.4 Å². The van der Waals surface area contributed by atoms with Gasteiger partial charge in [0.1, 0.15) is 104 Å². The minimum atomic E-state index is -1.81. The molecular weight excluding hydrogens is 1160 g/mol. The summed E-state index contributed by atoms with van der Waals surface area (Å²) in [7, 11) is 0. The van der Waals surface area contributed by atoms with Gasteiger partial charge in [-0.1, -0.05) is 60.1 Å². The van der Waals surface area contributed by atoms with Gasteiger partial charge in [0.15, 0.2) is 31.5 Å². The molecule has 9 aliphatic rings. The molecule has 0 aromatic rings. The first-order chi connectivity index (χ1) is 41.2. The molecule has 3 saturated carbocycles. The van der Waals surface area contributed by atoms with Gasteiger partial charge in [0, 0.05) is 17.3 Å². The van der Waals surface area contributed by atoms with E-state index < -0.39 is 209 Å². The summed E-state index contributed by atoms with van der Waals surface area (Å²) < 4.78 is 60.4. The monoisotopic (exact) mass is 1270 g/mol. The van der Waals surface area contributed by atoms with Crippen LogP contribution in [0.3, 0.4) is 0 Å². The third-order valence-electron chi connectivity index (χ3n) is 23.0. The first kappa shape index (κ1) is 71.0. The Hall–Kier alpha value is -1.34. The van der Waals surface area contributed by atoms with Crippen LogP contribution in [-0.2, 0) is 47.4 Å². The summed E-state index contributed by atoms with van der Waals surface area (Å²) in [5, 5.41) is 185. The van der Waals surface area contributed by atoms with Crippen LogP contribution < -0.4 is 0 Å². The van der Waals surface area contributed by atoms with Gasteiger partial charge in [-0.05, 0) is 106 Å². The van der Waals surface area contributed by atoms with Crippen LogP contribution in [0.5, 0.6) is 0 Å². The lowest BCUT2D eigenvalue weighted by Crippen LogP contribution is -2.66. The molecule has 8 fully saturated rings. The van der Waals surface area contributed by atoms with Gasteiger partial charge in [-0.25, -0.2) is 0 Å². The second-order valence-electron chi connectivity index (χ2n) is 28.8. The lowest BCUT2D eigenvalue weighted by atomic mass is 9.38. The zero-order valence-corrected chi connectivity index (χ0v) is 52.1. The van der Waals surface area contributed by atoms with E-state index in [1.54, 1.807) is 20.8 Å². The van der Waals surface area contributed by atoms with Crippen molar-refractivity contribution < 1.29 is 134 Å². The molecule has 34 atom stereocenters. The molecule has 0 bridgehead atoms. The molecule has 0 amide bonds. The molecular formula is C61H104O27. The van der Waals surface area contributed by atoms with Gasteiger partial charge < -0.3 is 134 Å². The average Bonchev–Trinajstić information content (AvgIpc) is 1.28. The van der Waals surface area contributed by atoms with Crippen LogP contribution in [0.25, 0.3) is 0 Å². The second kappa shape index (κ2) is 27.4. The first-order valence-corrected chi connectivity index (χ1v) is 31.8. The summed E-state index contributed by atoms with van der Waals surface area (Å²) in [5.74, 6) is 0.140. The highest BCUT2D eigenvalue weighted by Crippen LogP contribution is 2.75. The molecule has 27 nitrogen and oxygen atoms in total. The van der Waals surface area contributed by atoms with Gasteiger partial charge >= 0.3 is 0 Å². The predicted molar refractivity (Wildman–Crippen MR) is 302 cm³/mol. The number of rotatable bonds is 20. The fourth-order valence-corrected chi connectivity index (χ4v) is 17.3. The van der Waals surface area contributed by atoms with Crippen molar-refractivity contribution in [1.29, 1.82) is 0 Å². The zero-order chi connectivity index (χ0) is 64.7. The molecule has 5 heterocycles. The molecule has 5 aliphatic heterocycles. The number of hydrogen-bond acceptors (Lipinski definition) is 27. The molecule has 0 aromatic carbocycles. The van der Waals surface area contributed by atoms with Crippen LogP contribution in [0.2, 0.25) is 0 Å². The van der Waals surface area contributed by atoms with Crippen LogP contribution in [0.15, 0.2) is 11.6 Å². The molecule has 0 spiro atoms. The lowest BCUT2D eigenvalue weighted by molar-refractivity contribution is -0.369. The van der Waals surface area contributed by atoms with E-state index in [1.807, 2.05) is 0 Å². The van der Waals surface area contributed by atoms with Crippen molar-refractivity contribution >= 4 is 0 Å². The van der Waals surface area contributed by atoms with Gasteiger partial charge in [0.25, 0.3) is 0 Å². The third kappa shape index (κ3) is 12.9. The van der Waals surface area contributed by atoms with Gasteiger partial charge in [-0.15, -0.1) is 0 Å². The molecule has 4 aliphatic carbocycles. The van der Waals surface area contributed by atoms with Crippen LogP contribution in [0, 0.1) is 45.3 Å². The SMILES string of the molecule is CC[C@H]1O[C@H](OC[C@H]2O[C@@H](O[C@H](CC[C@@H](C)C3CC[C@@]4(C)C5CC=C6C(CC[C@H](O[C@@H]7O[C@H](CO)[C@@H](O[C@H]8O[C@H](CO)[C@@H](O)[C@H](O)[C@H]8O)[C@H](O)[C@H]7O)C6(C)C)[C@]5(C)[C@H](O)C[C@]34C)C(C)(C)O)[C@H](O[C@H]3C[C@@H](O)[C@H](O)[C@@H](CO)O3)[C@@H](O)[C@@H]2O)[C@H](O)[C@@H](O)[C@@H]1O. The van der Waals surface area contributed by atoms with E-state index in [0.29, 0.717) is 32.1 Å². The van der Waals surface area contributed by atoms with Crippen molar-refractivity contribution in [2.75, 3.05) is 26.4 Å². The number of hydrogen-bond donors (Lipinski definition) is 17. The van der Waals surface area contributed by atoms with Gasteiger partial charge in [0.05, 0.1) is 62.5 Å². The minimum absolute atomic E-state index is 0.0171. The first-order valence-electron chi connectivity index (χ1n) is 31.8. The van der Waals surface area contributed by atoms with Crippen LogP contribution in [-0.4, -0.2) is 285 Å². The molecule has 0 aromatic heterocycles. The maximum Gasteiger partial charge on any atom is 0.187 e. The Morgan fingerprint density at radius 2 is 1.14 bits per heavy atom. The molecule has 17 N–H and O–H groups in total.